The zero-order chi connectivity index (χ0) is 12.3. The van der Waals surface area contributed by atoms with E-state index in [4.69, 9.17) is 5.11 Å². The molecule has 5 heteroatoms. The fourth-order valence-electron chi connectivity index (χ4n) is 1.17. The largest absolute Gasteiger partial charge is 0.508 e. The van der Waals surface area contributed by atoms with Gasteiger partial charge in [0.2, 0.25) is 0 Å². The minimum absolute atomic E-state index is 0.0271. The van der Waals surface area contributed by atoms with Crippen LogP contribution in [0.4, 0.5) is 4.39 Å². The first-order chi connectivity index (χ1) is 7.47. The van der Waals surface area contributed by atoms with Crippen LogP contribution in [0, 0.1) is 5.82 Å². The highest BCUT2D eigenvalue weighted by molar-refractivity contribution is 9.09. The van der Waals surface area contributed by atoms with Gasteiger partial charge in [0.25, 0.3) is 5.91 Å². The second-order valence-electron chi connectivity index (χ2n) is 3.58. The van der Waals surface area contributed by atoms with E-state index >= 15 is 0 Å². The van der Waals surface area contributed by atoms with Crippen molar-refractivity contribution in [1.82, 2.24) is 4.90 Å². The zero-order valence-corrected chi connectivity index (χ0v) is 10.7. The van der Waals surface area contributed by atoms with E-state index in [0.29, 0.717) is 5.33 Å². The molecular formula is C11H13BrFNO2. The van der Waals surface area contributed by atoms with E-state index in [-0.39, 0.29) is 17.4 Å². The van der Waals surface area contributed by atoms with Crippen LogP contribution in [0.1, 0.15) is 17.3 Å². The minimum Gasteiger partial charge on any atom is -0.508 e. The van der Waals surface area contributed by atoms with Gasteiger partial charge in [0.15, 0.2) is 0 Å². The second-order valence-corrected chi connectivity index (χ2v) is 4.23. The standard InChI is InChI=1S/C11H13BrFNO2/c1-7(6-12)14(2)11(16)9-4-3-8(15)5-10(9)13/h3-5,7,15H,6H2,1-2H3. The number of phenolic OH excluding ortho intramolecular Hbond substituents is 1. The lowest BCUT2D eigenvalue weighted by Crippen LogP contribution is -2.36. The SMILES string of the molecule is CC(CBr)N(C)C(=O)c1ccc(O)cc1F. The fraction of sp³-hybridized carbons (Fsp3) is 0.364. The molecule has 88 valence electrons. The van der Waals surface area contributed by atoms with Gasteiger partial charge >= 0.3 is 0 Å². The number of amides is 1. The van der Waals surface area contributed by atoms with Gasteiger partial charge in [-0.3, -0.25) is 4.79 Å². The Morgan fingerprint density at radius 2 is 2.25 bits per heavy atom. The van der Waals surface area contributed by atoms with Crippen molar-refractivity contribution in [2.75, 3.05) is 12.4 Å². The number of carbonyl (C=O) groups is 1. The van der Waals surface area contributed by atoms with Gasteiger partial charge < -0.3 is 10.0 Å². The lowest BCUT2D eigenvalue weighted by atomic mass is 10.1. The number of phenols is 1. The Morgan fingerprint density at radius 1 is 1.62 bits per heavy atom. The van der Waals surface area contributed by atoms with Crippen LogP contribution in [0.15, 0.2) is 18.2 Å². The van der Waals surface area contributed by atoms with E-state index in [1.54, 1.807) is 7.05 Å². The Kier molecular flexibility index (Phi) is 4.29. The molecule has 1 unspecified atom stereocenters. The summed E-state index contributed by atoms with van der Waals surface area (Å²) in [5.41, 5.74) is -0.0342. The normalized spacial score (nSPS) is 12.2. The third-order valence-electron chi connectivity index (χ3n) is 2.39. The predicted octanol–water partition coefficient (Wildman–Crippen LogP) is 2.39. The molecule has 0 saturated heterocycles. The average Bonchev–Trinajstić information content (AvgIpc) is 2.26. The summed E-state index contributed by atoms with van der Waals surface area (Å²) in [6.45, 7) is 1.85. The van der Waals surface area contributed by atoms with Crippen molar-refractivity contribution >= 4 is 21.8 Å². The molecule has 0 aliphatic rings. The van der Waals surface area contributed by atoms with Crippen molar-refractivity contribution in [2.45, 2.75) is 13.0 Å². The summed E-state index contributed by atoms with van der Waals surface area (Å²) in [6, 6.07) is 3.48. The number of hydrogen-bond acceptors (Lipinski definition) is 2. The van der Waals surface area contributed by atoms with Crippen LogP contribution in [0.25, 0.3) is 0 Å². The van der Waals surface area contributed by atoms with Gasteiger partial charge in [-0.1, -0.05) is 15.9 Å². The van der Waals surface area contributed by atoms with Gasteiger partial charge in [-0.25, -0.2) is 4.39 Å². The molecule has 1 atom stereocenters. The molecule has 3 nitrogen and oxygen atoms in total. The summed E-state index contributed by atoms with van der Waals surface area (Å²) in [6.07, 6.45) is 0. The van der Waals surface area contributed by atoms with Crippen molar-refractivity contribution in [3.63, 3.8) is 0 Å². The fourth-order valence-corrected chi connectivity index (χ4v) is 1.61. The Hall–Kier alpha value is -1.10. The van der Waals surface area contributed by atoms with E-state index in [0.717, 1.165) is 6.07 Å². The van der Waals surface area contributed by atoms with Crippen LogP contribution in [0.2, 0.25) is 0 Å². The highest BCUT2D eigenvalue weighted by Crippen LogP contribution is 2.17. The molecule has 0 saturated carbocycles. The van der Waals surface area contributed by atoms with Gasteiger partial charge in [-0.15, -0.1) is 0 Å². The molecule has 0 aliphatic heterocycles. The smallest absolute Gasteiger partial charge is 0.256 e. The van der Waals surface area contributed by atoms with E-state index in [2.05, 4.69) is 15.9 Å². The molecule has 0 heterocycles. The van der Waals surface area contributed by atoms with Gasteiger partial charge in [0, 0.05) is 24.5 Å². The van der Waals surface area contributed by atoms with Crippen LogP contribution >= 0.6 is 15.9 Å². The number of hydrogen-bond donors (Lipinski definition) is 1. The molecule has 0 radical (unpaired) electrons. The van der Waals surface area contributed by atoms with Crippen molar-refractivity contribution in [3.05, 3.63) is 29.6 Å². The summed E-state index contributed by atoms with van der Waals surface area (Å²) in [5, 5.41) is 9.66. The first-order valence-corrected chi connectivity index (χ1v) is 5.91. The maximum atomic E-state index is 13.4. The molecule has 0 fully saturated rings. The third-order valence-corrected chi connectivity index (χ3v) is 3.32. The number of aromatic hydroxyl groups is 1. The molecule has 0 aliphatic carbocycles. The summed E-state index contributed by atoms with van der Waals surface area (Å²) in [5.74, 6) is -1.30. The van der Waals surface area contributed by atoms with Crippen LogP contribution < -0.4 is 0 Å². The number of benzene rings is 1. The summed E-state index contributed by atoms with van der Waals surface area (Å²) < 4.78 is 13.4. The number of alkyl halides is 1. The Bertz CT molecular complexity index is 398. The molecule has 16 heavy (non-hydrogen) atoms. The van der Waals surface area contributed by atoms with Gasteiger partial charge in [0.1, 0.15) is 11.6 Å². The molecule has 1 rings (SSSR count). The molecule has 1 amide bonds. The van der Waals surface area contributed by atoms with Crippen molar-refractivity contribution in [1.29, 1.82) is 0 Å². The third kappa shape index (κ3) is 2.72. The maximum Gasteiger partial charge on any atom is 0.256 e. The lowest BCUT2D eigenvalue weighted by molar-refractivity contribution is 0.0753. The second kappa shape index (κ2) is 5.30. The van der Waals surface area contributed by atoms with E-state index in [9.17, 15) is 9.18 Å². The first kappa shape index (κ1) is 13.0. The molecule has 1 aromatic rings. The minimum atomic E-state index is -0.710. The zero-order valence-electron chi connectivity index (χ0n) is 9.08. The van der Waals surface area contributed by atoms with Crippen LogP contribution in [0.5, 0.6) is 5.75 Å². The molecular weight excluding hydrogens is 277 g/mol. The van der Waals surface area contributed by atoms with Gasteiger partial charge in [-0.2, -0.15) is 0 Å². The highest BCUT2D eigenvalue weighted by Gasteiger charge is 2.19. The topological polar surface area (TPSA) is 40.5 Å². The van der Waals surface area contributed by atoms with Crippen LogP contribution in [-0.4, -0.2) is 34.3 Å². The number of halogens is 2. The van der Waals surface area contributed by atoms with Crippen LogP contribution in [-0.2, 0) is 0 Å². The maximum absolute atomic E-state index is 13.4. The van der Waals surface area contributed by atoms with Crippen LogP contribution in [0.3, 0.4) is 0 Å². The monoisotopic (exact) mass is 289 g/mol. The molecule has 0 spiro atoms. The quantitative estimate of drug-likeness (QED) is 0.868. The van der Waals surface area contributed by atoms with Crippen molar-refractivity contribution in [2.24, 2.45) is 0 Å². The molecule has 1 aromatic carbocycles. The van der Waals surface area contributed by atoms with Crippen molar-refractivity contribution < 1.29 is 14.3 Å². The lowest BCUT2D eigenvalue weighted by Gasteiger charge is -2.23. The van der Waals surface area contributed by atoms with E-state index in [1.807, 2.05) is 6.92 Å². The predicted molar refractivity (Wildman–Crippen MR) is 63.4 cm³/mol. The summed E-state index contributed by atoms with van der Waals surface area (Å²) >= 11 is 3.26. The van der Waals surface area contributed by atoms with Gasteiger partial charge in [0.05, 0.1) is 5.56 Å². The summed E-state index contributed by atoms with van der Waals surface area (Å²) in [4.78, 5) is 13.3. The molecule has 0 aromatic heterocycles. The molecule has 0 bridgehead atoms. The average molecular weight is 290 g/mol. The van der Waals surface area contributed by atoms with Crippen molar-refractivity contribution in [3.8, 4) is 5.75 Å². The Morgan fingerprint density at radius 3 is 2.75 bits per heavy atom. The summed E-state index contributed by atoms with van der Waals surface area (Å²) in [7, 11) is 1.61. The first-order valence-electron chi connectivity index (χ1n) is 4.79. The Balaban J connectivity index is 2.96. The number of carbonyl (C=O) groups excluding carboxylic acids is 1. The van der Waals surface area contributed by atoms with E-state index in [1.165, 1.54) is 17.0 Å². The number of nitrogens with zero attached hydrogens (tertiary/aromatic N) is 1. The number of rotatable bonds is 3. The molecule has 1 N–H and O–H groups in total. The highest BCUT2D eigenvalue weighted by atomic mass is 79.9. The van der Waals surface area contributed by atoms with Gasteiger partial charge in [-0.05, 0) is 19.1 Å². The van der Waals surface area contributed by atoms with E-state index < -0.39 is 11.7 Å². The Labute approximate surface area is 102 Å².